The molecule has 1 aromatic carbocycles. The summed E-state index contributed by atoms with van der Waals surface area (Å²) >= 11 is 6.10. The first-order valence-electron chi connectivity index (χ1n) is 12.1. The summed E-state index contributed by atoms with van der Waals surface area (Å²) in [6.07, 6.45) is 7.67. The monoisotopic (exact) mass is 579 g/mol. The Morgan fingerprint density at radius 2 is 1.93 bits per heavy atom. The Balaban J connectivity index is 1.38. The van der Waals surface area contributed by atoms with Crippen molar-refractivity contribution < 1.29 is 22.6 Å². The van der Waals surface area contributed by atoms with E-state index in [2.05, 4.69) is 30.7 Å². The van der Waals surface area contributed by atoms with Gasteiger partial charge in [0, 0.05) is 48.0 Å². The number of hydrogen-bond acceptors (Lipinski definition) is 6. The van der Waals surface area contributed by atoms with Crippen molar-refractivity contribution in [2.45, 2.75) is 19.0 Å². The first-order valence-corrected chi connectivity index (χ1v) is 12.5. The Morgan fingerprint density at radius 3 is 2.63 bits per heavy atom. The van der Waals surface area contributed by atoms with Crippen molar-refractivity contribution in [2.75, 3.05) is 0 Å². The molecule has 11 nitrogen and oxygen atoms in total. The van der Waals surface area contributed by atoms with Crippen molar-refractivity contribution in [3.05, 3.63) is 113 Å². The normalized spacial score (nSPS) is 12.2. The molecule has 15 heteroatoms. The van der Waals surface area contributed by atoms with Crippen LogP contribution in [0.4, 0.5) is 13.2 Å². The van der Waals surface area contributed by atoms with E-state index in [-0.39, 0.29) is 15.3 Å². The molecular weight excluding hydrogens is 561 g/mol. The summed E-state index contributed by atoms with van der Waals surface area (Å²) in [6.45, 7) is 0.338. The molecule has 6 rings (SSSR count). The average molecular weight is 580 g/mol. The molecule has 0 spiro atoms. The van der Waals surface area contributed by atoms with E-state index in [9.17, 15) is 14.0 Å². The first-order chi connectivity index (χ1) is 19.9. The Labute approximate surface area is 234 Å². The molecule has 41 heavy (non-hydrogen) atoms. The molecule has 206 valence electrons. The van der Waals surface area contributed by atoms with Crippen LogP contribution in [-0.2, 0) is 6.54 Å². The van der Waals surface area contributed by atoms with E-state index in [0.29, 0.717) is 34.6 Å². The molecule has 5 aromatic heterocycles. The highest BCUT2D eigenvalue weighted by atomic mass is 35.5. The molecule has 0 aliphatic carbocycles. The van der Waals surface area contributed by atoms with Crippen LogP contribution >= 0.6 is 11.6 Å². The smallest absolute Gasteiger partial charge is 0.322 e. The van der Waals surface area contributed by atoms with Gasteiger partial charge in [-0.05, 0) is 29.8 Å². The summed E-state index contributed by atoms with van der Waals surface area (Å²) < 4.78 is 46.8. The van der Waals surface area contributed by atoms with Crippen molar-refractivity contribution in [2.24, 2.45) is 0 Å². The fourth-order valence-corrected chi connectivity index (χ4v) is 4.62. The summed E-state index contributed by atoms with van der Waals surface area (Å²) in [5.74, 6) is -0.629. The third-order valence-electron chi connectivity index (χ3n) is 6.47. The quantitative estimate of drug-likeness (QED) is 0.216. The molecule has 0 aliphatic heterocycles. The molecule has 6 aromatic rings. The molecule has 0 bridgehead atoms. The van der Waals surface area contributed by atoms with Crippen LogP contribution in [0.25, 0.3) is 27.9 Å². The third kappa shape index (κ3) is 5.12. The van der Waals surface area contributed by atoms with Crippen LogP contribution in [0.5, 0.6) is 0 Å². The van der Waals surface area contributed by atoms with Crippen molar-refractivity contribution in [1.29, 1.82) is 0 Å². The van der Waals surface area contributed by atoms with E-state index in [4.69, 9.17) is 11.6 Å². The van der Waals surface area contributed by atoms with Crippen molar-refractivity contribution in [3.63, 3.8) is 0 Å². The summed E-state index contributed by atoms with van der Waals surface area (Å²) in [6, 6.07) is 10.4. The number of nitrogens with zero attached hydrogens (tertiary/aromatic N) is 9. The number of benzene rings is 1. The van der Waals surface area contributed by atoms with Crippen LogP contribution in [0.1, 0.15) is 23.9 Å². The van der Waals surface area contributed by atoms with E-state index in [0.717, 1.165) is 12.3 Å². The fourth-order valence-electron chi connectivity index (χ4n) is 4.46. The number of rotatable bonds is 8. The topological polar surface area (TPSA) is 121 Å². The Kier molecular flexibility index (Phi) is 6.89. The zero-order chi connectivity index (χ0) is 28.5. The zero-order valence-corrected chi connectivity index (χ0v) is 21.6. The highest BCUT2D eigenvalue weighted by Crippen LogP contribution is 2.32. The second kappa shape index (κ2) is 10.8. The lowest BCUT2D eigenvalue weighted by atomic mass is 10.0. The van der Waals surface area contributed by atoms with Gasteiger partial charge in [-0.25, -0.2) is 4.39 Å². The number of alkyl halides is 2. The second-order valence-corrected chi connectivity index (χ2v) is 9.36. The van der Waals surface area contributed by atoms with E-state index < -0.39 is 24.0 Å². The third-order valence-corrected chi connectivity index (χ3v) is 6.76. The number of aromatic amines is 1. The number of tetrazole rings is 1. The number of nitrogens with one attached hydrogen (secondary N) is 1. The lowest BCUT2D eigenvalue weighted by molar-refractivity contribution is -0.659. The Hall–Kier alpha value is -5.11. The Morgan fingerprint density at radius 1 is 1.05 bits per heavy atom. The molecule has 0 saturated carbocycles. The van der Waals surface area contributed by atoms with Crippen LogP contribution in [-0.4, -0.2) is 40.1 Å². The maximum absolute atomic E-state index is 15.3. The minimum atomic E-state index is -2.93. The van der Waals surface area contributed by atoms with Gasteiger partial charge < -0.3 is 5.21 Å². The van der Waals surface area contributed by atoms with Gasteiger partial charge in [0.2, 0.25) is 0 Å². The average Bonchev–Trinajstić information content (AvgIpc) is 3.77. The molecule has 1 atom stereocenters. The highest BCUT2D eigenvalue weighted by molar-refractivity contribution is 6.31. The maximum Gasteiger partial charge on any atom is 0.322 e. The standard InChI is InChI=1S/C26H18ClF3N10O/c27-19-3-5-21(39-15-32-35-36-39)24(25(19)28)17-2-4-20(31-11-17)23(14-37-8-1-7-33-37)38-13-18(12-34-38)16-6-9-40(41)22(10-16)26(29)30/h1-13,15,23,26H,14H2/p+1/t23-/m0/s1. The van der Waals surface area contributed by atoms with Crippen LogP contribution in [0.3, 0.4) is 0 Å². The molecule has 0 fully saturated rings. The minimum Gasteiger partial charge on any atom is -0.618 e. The van der Waals surface area contributed by atoms with Crippen molar-refractivity contribution >= 4 is 11.6 Å². The largest absolute Gasteiger partial charge is 0.618 e. The molecule has 0 unspecified atom stereocenters. The summed E-state index contributed by atoms with van der Waals surface area (Å²) in [4.78, 5) is 4.63. The summed E-state index contributed by atoms with van der Waals surface area (Å²) in [5, 5.41) is 30.5. The van der Waals surface area contributed by atoms with Crippen LogP contribution in [0, 0.1) is 11.0 Å². The number of pyridine rings is 2. The lowest BCUT2D eigenvalue weighted by Crippen LogP contribution is -2.33. The fraction of sp³-hybridized carbons (Fsp3) is 0.115. The van der Waals surface area contributed by atoms with Gasteiger partial charge >= 0.3 is 6.43 Å². The van der Waals surface area contributed by atoms with Gasteiger partial charge in [-0.15, -0.1) is 4.68 Å². The predicted octanol–water partition coefficient (Wildman–Crippen LogP) is 3.86. The van der Waals surface area contributed by atoms with Crippen molar-refractivity contribution in [3.8, 4) is 27.9 Å². The van der Waals surface area contributed by atoms with E-state index in [1.807, 2.05) is 0 Å². The van der Waals surface area contributed by atoms with Gasteiger partial charge in [0.05, 0.1) is 29.0 Å². The molecule has 0 aliphatic rings. The first kappa shape index (κ1) is 26.1. The van der Waals surface area contributed by atoms with Crippen molar-refractivity contribution in [1.82, 2.24) is 40.1 Å². The summed E-state index contributed by atoms with van der Waals surface area (Å²) in [5.41, 5.74) is 1.96. The molecule has 0 radical (unpaired) electrons. The minimum absolute atomic E-state index is 0.0556. The maximum atomic E-state index is 15.3. The van der Waals surface area contributed by atoms with Crippen LogP contribution in [0.15, 0.2) is 86.0 Å². The van der Waals surface area contributed by atoms with E-state index >= 15 is 4.39 Å². The number of aromatic nitrogens is 10. The van der Waals surface area contributed by atoms with Crippen LogP contribution < -0.4 is 9.41 Å². The van der Waals surface area contributed by atoms with Gasteiger partial charge in [-0.2, -0.15) is 23.7 Å². The Bertz CT molecular complexity index is 1790. The molecule has 5 heterocycles. The SMILES string of the molecule is [O-][n+]1ccc(-c2cnn([C@@H](Cn3cccn3)c3ccc(-c4c(-[n+]5cnn[nH]5)ccc(Cl)c4F)cn3)c2)cc1C(F)F. The summed E-state index contributed by atoms with van der Waals surface area (Å²) in [7, 11) is 0. The number of hydrogen-bond donors (Lipinski definition) is 1. The van der Waals surface area contributed by atoms with E-state index in [1.165, 1.54) is 35.5 Å². The van der Waals surface area contributed by atoms with Gasteiger partial charge in [-0.1, -0.05) is 22.9 Å². The molecule has 0 saturated heterocycles. The number of halogens is 4. The van der Waals surface area contributed by atoms with Crippen LogP contribution in [0.2, 0.25) is 5.02 Å². The second-order valence-electron chi connectivity index (χ2n) is 8.95. The van der Waals surface area contributed by atoms with Gasteiger partial charge in [0.1, 0.15) is 16.8 Å². The highest BCUT2D eigenvalue weighted by Gasteiger charge is 2.23. The molecular formula is C26H19ClF3N10O+. The predicted molar refractivity (Wildman–Crippen MR) is 138 cm³/mol. The lowest BCUT2D eigenvalue weighted by Gasteiger charge is -2.18. The molecule has 1 N–H and O–H groups in total. The van der Waals surface area contributed by atoms with Gasteiger partial charge in [0.25, 0.3) is 12.0 Å². The molecule has 0 amide bonds. The van der Waals surface area contributed by atoms with Gasteiger partial charge in [-0.3, -0.25) is 14.3 Å². The van der Waals surface area contributed by atoms with Gasteiger partial charge in [0.15, 0.2) is 17.2 Å². The number of H-pyrrole nitrogens is 1. The zero-order valence-electron chi connectivity index (χ0n) is 20.9. The van der Waals surface area contributed by atoms with E-state index in [1.54, 1.807) is 52.2 Å².